The third-order valence-corrected chi connectivity index (χ3v) is 8.37. The van der Waals surface area contributed by atoms with Crippen molar-refractivity contribution in [2.45, 2.75) is 70.7 Å². The number of amides is 5. The molecule has 2 saturated heterocycles. The van der Waals surface area contributed by atoms with Gasteiger partial charge in [-0.2, -0.15) is 8.78 Å². The van der Waals surface area contributed by atoms with Crippen LogP contribution in [-0.2, 0) is 44.9 Å². The molecule has 5 amide bonds. The van der Waals surface area contributed by atoms with Crippen molar-refractivity contribution in [3.05, 3.63) is 35.9 Å². The molecule has 1 aromatic rings. The van der Waals surface area contributed by atoms with E-state index in [4.69, 9.17) is 15.6 Å². The molecule has 15 nitrogen and oxygen atoms in total. The Morgan fingerprint density at radius 2 is 1.67 bits per heavy atom. The molecule has 0 aromatic heterocycles. The molecule has 2 fully saturated rings. The highest BCUT2D eigenvalue weighted by atomic mass is 19.3. The van der Waals surface area contributed by atoms with E-state index in [9.17, 15) is 38.4 Å². The van der Waals surface area contributed by atoms with Gasteiger partial charge >= 0.3 is 23.9 Å². The van der Waals surface area contributed by atoms with E-state index in [1.54, 1.807) is 30.3 Å². The van der Waals surface area contributed by atoms with Crippen LogP contribution in [0.5, 0.6) is 0 Å². The summed E-state index contributed by atoms with van der Waals surface area (Å²) in [4.78, 5) is 104. The summed E-state index contributed by atoms with van der Waals surface area (Å²) in [6.07, 6.45) is 0.290. The number of ketones is 2. The Balaban J connectivity index is 1.75. The molecule has 0 radical (unpaired) electrons. The molecule has 2 aliphatic rings. The van der Waals surface area contributed by atoms with Gasteiger partial charge in [-0.3, -0.25) is 43.9 Å². The average molecular weight is 680 g/mol. The Morgan fingerprint density at radius 1 is 1.04 bits per heavy atom. The summed E-state index contributed by atoms with van der Waals surface area (Å²) in [7, 11) is 0. The number of nitrogens with two attached hydrogens (primary N) is 1. The van der Waals surface area contributed by atoms with Crippen LogP contribution in [0.1, 0.15) is 46.1 Å². The van der Waals surface area contributed by atoms with Crippen molar-refractivity contribution < 1.29 is 57.0 Å². The Morgan fingerprint density at radius 3 is 2.23 bits per heavy atom. The van der Waals surface area contributed by atoms with Gasteiger partial charge in [0.1, 0.15) is 19.7 Å². The minimum Gasteiger partial charge on any atom is -0.480 e. The summed E-state index contributed by atoms with van der Waals surface area (Å²) in [5, 5.41) is 11.0. The Bertz CT molecular complexity index is 1470. The Labute approximate surface area is 274 Å². The van der Waals surface area contributed by atoms with Crippen LogP contribution in [0.15, 0.2) is 30.3 Å². The monoisotopic (exact) mass is 679 g/mol. The van der Waals surface area contributed by atoms with Gasteiger partial charge in [0.15, 0.2) is 11.3 Å². The number of nitrogens with one attached hydrogen (secondary N) is 1. The lowest BCUT2D eigenvalue weighted by Crippen LogP contribution is -2.67. The van der Waals surface area contributed by atoms with E-state index in [-0.39, 0.29) is 19.4 Å². The van der Waals surface area contributed by atoms with Crippen molar-refractivity contribution in [1.82, 2.24) is 20.0 Å². The Kier molecular flexibility index (Phi) is 11.9. The summed E-state index contributed by atoms with van der Waals surface area (Å²) in [6.45, 7) is 2.74. The number of benzene rings is 1. The molecule has 48 heavy (non-hydrogen) atoms. The van der Waals surface area contributed by atoms with Gasteiger partial charge in [-0.25, -0.2) is 9.59 Å². The smallest absolute Gasteiger partial charge is 0.401 e. The minimum atomic E-state index is -4.57. The van der Waals surface area contributed by atoms with Gasteiger partial charge in [-0.1, -0.05) is 58.0 Å². The number of carboxylic acids is 1. The first kappa shape index (κ1) is 37.8. The fourth-order valence-corrected chi connectivity index (χ4v) is 5.66. The maximum atomic E-state index is 15.2. The van der Waals surface area contributed by atoms with Crippen molar-refractivity contribution in [1.29, 1.82) is 0 Å². The molecule has 2 heterocycles. The lowest BCUT2D eigenvalue weighted by atomic mass is 9.82. The molecule has 0 saturated carbocycles. The van der Waals surface area contributed by atoms with Crippen LogP contribution >= 0.6 is 0 Å². The topological polar surface area (TPSA) is 214 Å². The number of urea groups is 1. The number of halogens is 2. The minimum absolute atomic E-state index is 0.0150. The number of Topliss-reactive ketones (excluding diaryl/α,β-unsaturated/α-hetero) is 2. The van der Waals surface area contributed by atoms with Gasteiger partial charge in [0.2, 0.25) is 11.7 Å². The molecule has 0 spiro atoms. The van der Waals surface area contributed by atoms with E-state index in [2.05, 4.69) is 0 Å². The van der Waals surface area contributed by atoms with Gasteiger partial charge in [0.05, 0.1) is 18.6 Å². The molecule has 262 valence electrons. The molecule has 2 aliphatic heterocycles. The molecule has 3 atom stereocenters. The Hall–Kier alpha value is -4.64. The number of esters is 1. The number of carbonyl (C=O) groups is 8. The summed E-state index contributed by atoms with van der Waals surface area (Å²) in [6, 6.07) is 3.97. The third-order valence-electron chi connectivity index (χ3n) is 8.37. The number of carbonyl (C=O) groups excluding carboxylic acids is 7. The standard InChI is InChI=1S/C31H39F2N5O10/c1-17(2)24(25(43)31(32,33)28(46)48-16-19-9-6-5-7-10-19)37-12-8-11-20(37)26(44)35-27(45)30(34,18(3)4)21(39)13-38-22(40)14-36(29(38)47)15-23(41)42/h5-7,9-10,17-18,20,24H,8,11-16,34H2,1-4H3,(H,41,42)(H,35,44,45)/t20-,24-,30+/m0/s1. The van der Waals surface area contributed by atoms with Crippen LogP contribution in [0, 0.1) is 11.8 Å². The number of hydrogen-bond acceptors (Lipinski definition) is 11. The van der Waals surface area contributed by atoms with E-state index < -0.39 is 109 Å². The number of ether oxygens (including phenoxy) is 1. The van der Waals surface area contributed by atoms with Crippen LogP contribution in [0.25, 0.3) is 0 Å². The molecular formula is C31H39F2N5O10. The van der Waals surface area contributed by atoms with E-state index in [1.165, 1.54) is 32.6 Å². The van der Waals surface area contributed by atoms with Gasteiger partial charge in [0.25, 0.3) is 11.8 Å². The van der Waals surface area contributed by atoms with Crippen molar-refractivity contribution in [3.8, 4) is 0 Å². The fourth-order valence-electron chi connectivity index (χ4n) is 5.66. The molecule has 0 aliphatic carbocycles. The first-order valence-electron chi connectivity index (χ1n) is 15.2. The highest BCUT2D eigenvalue weighted by Crippen LogP contribution is 2.31. The average Bonchev–Trinajstić information content (AvgIpc) is 3.59. The summed E-state index contributed by atoms with van der Waals surface area (Å²) in [5.74, 6) is -16.0. The van der Waals surface area contributed by atoms with Gasteiger partial charge in [0, 0.05) is 0 Å². The lowest BCUT2D eigenvalue weighted by Gasteiger charge is -2.36. The second-order valence-corrected chi connectivity index (χ2v) is 12.4. The number of alkyl halides is 2. The number of imide groups is 2. The van der Waals surface area contributed by atoms with Crippen molar-refractivity contribution in [3.63, 3.8) is 0 Å². The highest BCUT2D eigenvalue weighted by molar-refractivity contribution is 6.18. The molecule has 1 aromatic carbocycles. The zero-order chi connectivity index (χ0) is 36.1. The quantitative estimate of drug-likeness (QED) is 0.130. The number of rotatable bonds is 15. The molecular weight excluding hydrogens is 640 g/mol. The van der Waals surface area contributed by atoms with Crippen molar-refractivity contribution >= 4 is 47.3 Å². The van der Waals surface area contributed by atoms with Gasteiger partial charge in [-0.05, 0) is 36.8 Å². The second-order valence-electron chi connectivity index (χ2n) is 12.4. The van der Waals surface area contributed by atoms with Crippen LogP contribution in [0.3, 0.4) is 0 Å². The zero-order valence-corrected chi connectivity index (χ0v) is 26.9. The van der Waals surface area contributed by atoms with Crippen molar-refractivity contribution in [2.75, 3.05) is 26.2 Å². The summed E-state index contributed by atoms with van der Waals surface area (Å²) < 4.78 is 35.2. The maximum absolute atomic E-state index is 15.2. The predicted molar refractivity (Wildman–Crippen MR) is 161 cm³/mol. The van der Waals surface area contributed by atoms with Crippen LogP contribution < -0.4 is 11.1 Å². The fraction of sp³-hybridized carbons (Fsp3) is 0.548. The number of aliphatic carboxylic acids is 1. The number of carboxylic acid groups (broad SMARTS) is 1. The SMILES string of the molecule is CC(C)[C@@H](C(=O)C(F)(F)C(=O)OCc1ccccc1)N1CCC[C@H]1C(=O)NC(=O)[C@](N)(C(=O)CN1C(=O)CN(CC(=O)O)C1=O)C(C)C. The number of nitrogens with zero attached hydrogens (tertiary/aromatic N) is 3. The van der Waals surface area contributed by atoms with E-state index in [0.29, 0.717) is 15.4 Å². The lowest BCUT2D eigenvalue weighted by molar-refractivity contribution is -0.181. The number of hydrogen-bond donors (Lipinski definition) is 3. The van der Waals surface area contributed by atoms with Gasteiger partial charge in [-0.15, -0.1) is 0 Å². The summed E-state index contributed by atoms with van der Waals surface area (Å²) in [5.41, 5.74) is 4.17. The van der Waals surface area contributed by atoms with Gasteiger partial charge < -0.3 is 20.5 Å². The zero-order valence-electron chi connectivity index (χ0n) is 26.9. The summed E-state index contributed by atoms with van der Waals surface area (Å²) >= 11 is 0. The maximum Gasteiger partial charge on any atom is 0.401 e. The van der Waals surface area contributed by atoms with E-state index >= 15 is 8.78 Å². The molecule has 4 N–H and O–H groups in total. The van der Waals surface area contributed by atoms with E-state index in [0.717, 1.165) is 0 Å². The first-order valence-corrected chi connectivity index (χ1v) is 15.2. The van der Waals surface area contributed by atoms with E-state index in [1.807, 2.05) is 5.32 Å². The normalized spacial score (nSPS) is 19.0. The molecule has 0 unspecified atom stereocenters. The third kappa shape index (κ3) is 7.90. The first-order chi connectivity index (χ1) is 22.3. The molecule has 17 heteroatoms. The highest BCUT2D eigenvalue weighted by Gasteiger charge is 2.56. The van der Waals surface area contributed by atoms with Crippen LogP contribution in [0.2, 0.25) is 0 Å². The van der Waals surface area contributed by atoms with Crippen LogP contribution in [0.4, 0.5) is 13.6 Å². The van der Waals surface area contributed by atoms with Crippen LogP contribution in [-0.4, -0.2) is 117 Å². The van der Waals surface area contributed by atoms with Crippen molar-refractivity contribution in [2.24, 2.45) is 17.6 Å². The predicted octanol–water partition coefficient (Wildman–Crippen LogP) is 0.337. The molecule has 0 bridgehead atoms. The molecule has 3 rings (SSSR count). The second kappa shape index (κ2) is 15.1. The largest absolute Gasteiger partial charge is 0.480 e. The number of likely N-dealkylation sites (tertiary alicyclic amines) is 1.